The largest absolute Gasteiger partial charge is 0.338 e. The smallest absolute Gasteiger partial charge is 0.319 e. The van der Waals surface area contributed by atoms with Gasteiger partial charge in [-0.3, -0.25) is 0 Å². The maximum atomic E-state index is 13.6. The van der Waals surface area contributed by atoms with E-state index >= 15 is 0 Å². The molecule has 0 aliphatic heterocycles. The van der Waals surface area contributed by atoms with Crippen molar-refractivity contribution in [1.29, 1.82) is 0 Å². The highest BCUT2D eigenvalue weighted by Gasteiger charge is 2.14. The van der Waals surface area contributed by atoms with Crippen LogP contribution < -0.4 is 10.6 Å². The summed E-state index contributed by atoms with van der Waals surface area (Å²) in [4.78, 5) is 20.2. The second-order valence-corrected chi connectivity index (χ2v) is 9.00. The van der Waals surface area contributed by atoms with Crippen LogP contribution in [0.1, 0.15) is 19.3 Å². The van der Waals surface area contributed by atoms with Crippen molar-refractivity contribution < 1.29 is 13.6 Å². The molecule has 4 aromatic rings. The topological polar surface area (TPSA) is 69.8 Å². The summed E-state index contributed by atoms with van der Waals surface area (Å²) in [5.41, 5.74) is 4.05. The summed E-state index contributed by atoms with van der Waals surface area (Å²) in [7, 11) is 0. The second kappa shape index (κ2) is 12.2. The fourth-order valence-corrected chi connectivity index (χ4v) is 4.44. The van der Waals surface area contributed by atoms with Crippen molar-refractivity contribution in [3.05, 3.63) is 90.5 Å². The Morgan fingerprint density at radius 2 is 1.60 bits per heavy atom. The predicted octanol–water partition coefficient (Wildman–Crippen LogP) is 7.11. The van der Waals surface area contributed by atoms with Crippen molar-refractivity contribution in [2.75, 3.05) is 17.6 Å². The second-order valence-electron chi connectivity index (χ2n) is 7.91. The summed E-state index contributed by atoms with van der Waals surface area (Å²) in [5, 5.41) is 5.96. The lowest BCUT2D eigenvalue weighted by molar-refractivity contribution is 0.251. The number of benzene rings is 3. The fourth-order valence-electron chi connectivity index (χ4n) is 3.57. The number of halogens is 2. The number of carbonyl (C=O) groups excluding carboxylic acids is 1. The van der Waals surface area contributed by atoms with Gasteiger partial charge in [0.1, 0.15) is 11.6 Å². The van der Waals surface area contributed by atoms with Crippen LogP contribution in [0.15, 0.2) is 84.0 Å². The molecular formula is C27H26F2N4OS. The lowest BCUT2D eigenvalue weighted by atomic mass is 10.1. The normalized spacial score (nSPS) is 10.8. The van der Waals surface area contributed by atoms with Gasteiger partial charge in [0.25, 0.3) is 0 Å². The van der Waals surface area contributed by atoms with Crippen molar-refractivity contribution in [3.8, 4) is 22.5 Å². The molecule has 0 bridgehead atoms. The highest BCUT2D eigenvalue weighted by molar-refractivity contribution is 7.99. The van der Waals surface area contributed by atoms with E-state index in [-0.39, 0.29) is 5.69 Å². The first-order valence-electron chi connectivity index (χ1n) is 11.4. The van der Waals surface area contributed by atoms with Crippen molar-refractivity contribution in [1.82, 2.24) is 15.3 Å². The molecule has 0 saturated carbocycles. The molecule has 180 valence electrons. The summed E-state index contributed by atoms with van der Waals surface area (Å²) < 4.78 is 26.5. The molecule has 0 unspecified atom stereocenters. The molecule has 0 fully saturated rings. The van der Waals surface area contributed by atoms with E-state index in [0.717, 1.165) is 64.8 Å². The van der Waals surface area contributed by atoms with Crippen molar-refractivity contribution in [2.45, 2.75) is 24.4 Å². The number of carbonyl (C=O) groups is 1. The minimum Gasteiger partial charge on any atom is -0.338 e. The van der Waals surface area contributed by atoms with Crippen LogP contribution in [-0.4, -0.2) is 28.3 Å². The number of nitrogens with zero attached hydrogens (tertiary/aromatic N) is 1. The van der Waals surface area contributed by atoms with Gasteiger partial charge in [0.2, 0.25) is 0 Å². The molecule has 3 aromatic carbocycles. The van der Waals surface area contributed by atoms with Crippen LogP contribution >= 0.6 is 11.8 Å². The maximum Gasteiger partial charge on any atom is 0.319 e. The molecule has 35 heavy (non-hydrogen) atoms. The Hall–Kier alpha value is -3.65. The van der Waals surface area contributed by atoms with E-state index in [9.17, 15) is 13.6 Å². The lowest BCUT2D eigenvalue weighted by Gasteiger charge is -2.08. The van der Waals surface area contributed by atoms with Gasteiger partial charge in [-0.25, -0.2) is 18.6 Å². The number of aromatic amines is 1. The molecular weight excluding hydrogens is 466 g/mol. The highest BCUT2D eigenvalue weighted by atomic mass is 32.2. The molecule has 1 heterocycles. The van der Waals surface area contributed by atoms with E-state index < -0.39 is 17.7 Å². The zero-order chi connectivity index (χ0) is 24.5. The van der Waals surface area contributed by atoms with Crippen LogP contribution in [0, 0.1) is 11.6 Å². The third kappa shape index (κ3) is 6.93. The Morgan fingerprint density at radius 3 is 2.31 bits per heavy atom. The highest BCUT2D eigenvalue weighted by Crippen LogP contribution is 2.32. The lowest BCUT2D eigenvalue weighted by Crippen LogP contribution is -2.29. The fraction of sp³-hybridized carbons (Fsp3) is 0.185. The number of anilines is 1. The van der Waals surface area contributed by atoms with Crippen LogP contribution in [0.4, 0.5) is 19.3 Å². The molecule has 4 rings (SSSR count). The predicted molar refractivity (Wildman–Crippen MR) is 137 cm³/mol. The average molecular weight is 493 g/mol. The summed E-state index contributed by atoms with van der Waals surface area (Å²) in [5.74, 6) is -0.599. The minimum absolute atomic E-state index is 0.0523. The number of amides is 2. The number of hydrogen-bond acceptors (Lipinski definition) is 3. The molecule has 0 aliphatic carbocycles. The van der Waals surface area contributed by atoms with Crippen LogP contribution in [0.3, 0.4) is 0 Å². The van der Waals surface area contributed by atoms with Gasteiger partial charge in [-0.05, 0) is 25.0 Å². The zero-order valence-electron chi connectivity index (χ0n) is 19.1. The maximum absolute atomic E-state index is 13.6. The summed E-state index contributed by atoms with van der Waals surface area (Å²) in [6, 6.07) is 22.8. The van der Waals surface area contributed by atoms with E-state index in [0.29, 0.717) is 6.54 Å². The minimum atomic E-state index is -0.805. The first-order chi connectivity index (χ1) is 17.1. The standard InChI is InChI=1S/C27H26F2N4OS/c28-21-14-15-23(22(29)18-21)31-26(34)30-16-8-3-9-17-35-27-32-24(19-10-4-1-5-11-19)25(33-27)20-12-6-2-7-13-20/h1-2,4-7,10-15,18H,3,8-9,16-17H2,(H,32,33)(H2,30,31,34). The van der Waals surface area contributed by atoms with Crippen LogP contribution in [0.2, 0.25) is 0 Å². The number of nitrogens with one attached hydrogen (secondary N) is 3. The molecule has 0 spiro atoms. The first-order valence-corrected chi connectivity index (χ1v) is 12.4. The van der Waals surface area contributed by atoms with Gasteiger partial charge in [0.15, 0.2) is 5.16 Å². The van der Waals surface area contributed by atoms with Gasteiger partial charge in [-0.15, -0.1) is 0 Å². The summed E-state index contributed by atoms with van der Waals surface area (Å²) >= 11 is 1.67. The number of thioether (sulfide) groups is 1. The number of urea groups is 1. The zero-order valence-corrected chi connectivity index (χ0v) is 19.9. The van der Waals surface area contributed by atoms with Gasteiger partial charge in [-0.2, -0.15) is 0 Å². The SMILES string of the molecule is O=C(NCCCCCSc1nc(-c2ccccc2)c(-c2ccccc2)[nH]1)Nc1ccc(F)cc1F. The Morgan fingerprint density at radius 1 is 0.886 bits per heavy atom. The van der Waals surface area contributed by atoms with Crippen LogP contribution in [-0.2, 0) is 0 Å². The molecule has 0 atom stereocenters. The Balaban J connectivity index is 1.22. The molecule has 0 aliphatic rings. The van der Waals surface area contributed by atoms with E-state index in [1.807, 2.05) is 36.4 Å². The average Bonchev–Trinajstić information content (AvgIpc) is 3.30. The van der Waals surface area contributed by atoms with Gasteiger partial charge in [-0.1, -0.05) is 78.8 Å². The molecule has 8 heteroatoms. The first kappa shape index (κ1) is 24.5. The van der Waals surface area contributed by atoms with E-state index in [1.165, 1.54) is 6.07 Å². The molecule has 0 radical (unpaired) electrons. The van der Waals surface area contributed by atoms with Crippen molar-refractivity contribution in [2.24, 2.45) is 0 Å². The van der Waals surface area contributed by atoms with Gasteiger partial charge >= 0.3 is 6.03 Å². The van der Waals surface area contributed by atoms with Crippen LogP contribution in [0.25, 0.3) is 22.5 Å². The Bertz CT molecular complexity index is 1190. The Kier molecular flexibility index (Phi) is 8.51. The third-order valence-corrected chi connectivity index (χ3v) is 6.28. The Labute approximate surface area is 207 Å². The number of rotatable bonds is 10. The number of unbranched alkanes of at least 4 members (excludes halogenated alkanes) is 2. The molecule has 3 N–H and O–H groups in total. The van der Waals surface area contributed by atoms with Gasteiger partial charge in [0, 0.05) is 29.5 Å². The van der Waals surface area contributed by atoms with Gasteiger partial charge in [0.05, 0.1) is 17.1 Å². The van der Waals surface area contributed by atoms with Gasteiger partial charge < -0.3 is 15.6 Å². The third-order valence-electron chi connectivity index (χ3n) is 5.32. The quantitative estimate of drug-likeness (QED) is 0.163. The molecule has 0 saturated heterocycles. The molecule has 5 nitrogen and oxygen atoms in total. The molecule has 2 amide bonds. The summed E-state index contributed by atoms with van der Waals surface area (Å²) in [6.07, 6.45) is 2.68. The monoisotopic (exact) mass is 492 g/mol. The summed E-state index contributed by atoms with van der Waals surface area (Å²) in [6.45, 7) is 0.469. The van der Waals surface area contributed by atoms with E-state index in [4.69, 9.17) is 4.98 Å². The van der Waals surface area contributed by atoms with E-state index in [2.05, 4.69) is 39.9 Å². The molecule has 1 aromatic heterocycles. The number of imidazole rings is 1. The van der Waals surface area contributed by atoms with Crippen molar-refractivity contribution in [3.63, 3.8) is 0 Å². The van der Waals surface area contributed by atoms with E-state index in [1.54, 1.807) is 11.8 Å². The number of H-pyrrole nitrogens is 1. The van der Waals surface area contributed by atoms with Crippen LogP contribution in [0.5, 0.6) is 0 Å². The van der Waals surface area contributed by atoms with Crippen molar-refractivity contribution >= 4 is 23.5 Å². The number of aromatic nitrogens is 2. The number of hydrogen-bond donors (Lipinski definition) is 3.